The quantitative estimate of drug-likeness (QED) is 0.931. The van der Waals surface area contributed by atoms with Crippen LogP contribution in [0.3, 0.4) is 0 Å². The molecule has 0 heterocycles. The highest BCUT2D eigenvalue weighted by molar-refractivity contribution is 7.90. The first kappa shape index (κ1) is 16.5. The molecule has 0 saturated carbocycles. The summed E-state index contributed by atoms with van der Waals surface area (Å²) in [4.78, 5) is 12.4. The highest BCUT2D eigenvalue weighted by Gasteiger charge is 2.20. The second-order valence-corrected chi connectivity index (χ2v) is 7.38. The summed E-state index contributed by atoms with van der Waals surface area (Å²) in [5, 5.41) is 3.33. The molecule has 0 aliphatic heterocycles. The lowest BCUT2D eigenvalue weighted by Gasteiger charge is -2.16. The molecule has 22 heavy (non-hydrogen) atoms. The number of halogens is 1. The molecule has 4 nitrogen and oxygen atoms in total. The fourth-order valence-electron chi connectivity index (χ4n) is 2.16. The zero-order chi connectivity index (χ0) is 16.3. The van der Waals surface area contributed by atoms with E-state index >= 15 is 0 Å². The van der Waals surface area contributed by atoms with E-state index in [1.807, 2.05) is 12.1 Å². The molecule has 2 aromatic rings. The van der Waals surface area contributed by atoms with Gasteiger partial charge in [-0.05, 0) is 30.7 Å². The molecule has 0 fully saturated rings. The van der Waals surface area contributed by atoms with E-state index in [9.17, 15) is 13.2 Å². The maximum atomic E-state index is 12.4. The molecule has 0 bridgehead atoms. The van der Waals surface area contributed by atoms with Crippen LogP contribution in [-0.4, -0.2) is 20.6 Å². The molecule has 0 saturated heterocycles. The fourth-order valence-corrected chi connectivity index (χ4v) is 3.34. The Kier molecular flexibility index (Phi) is 4.88. The van der Waals surface area contributed by atoms with Gasteiger partial charge >= 0.3 is 0 Å². The monoisotopic (exact) mass is 337 g/mol. The highest BCUT2D eigenvalue weighted by Crippen LogP contribution is 2.23. The average Bonchev–Trinajstić information content (AvgIpc) is 2.46. The minimum Gasteiger partial charge on any atom is -0.345 e. The summed E-state index contributed by atoms with van der Waals surface area (Å²) in [6, 6.07) is 13.0. The van der Waals surface area contributed by atoms with Crippen molar-refractivity contribution in [2.75, 3.05) is 6.26 Å². The van der Waals surface area contributed by atoms with Crippen LogP contribution < -0.4 is 5.32 Å². The molecule has 2 aromatic carbocycles. The summed E-state index contributed by atoms with van der Waals surface area (Å²) < 4.78 is 23.5. The first-order valence-electron chi connectivity index (χ1n) is 6.65. The first-order valence-corrected chi connectivity index (χ1v) is 8.92. The van der Waals surface area contributed by atoms with E-state index in [-0.39, 0.29) is 16.5 Å². The summed E-state index contributed by atoms with van der Waals surface area (Å²) in [6.45, 7) is 1.79. The summed E-state index contributed by atoms with van der Waals surface area (Å²) >= 11 is 6.11. The molecule has 0 aliphatic carbocycles. The second-order valence-electron chi connectivity index (χ2n) is 4.98. The maximum Gasteiger partial charge on any atom is 0.253 e. The molecule has 1 atom stereocenters. The summed E-state index contributed by atoms with van der Waals surface area (Å²) in [7, 11) is -3.47. The molecule has 2 rings (SSSR count). The van der Waals surface area contributed by atoms with Crippen molar-refractivity contribution >= 4 is 27.3 Å². The third-order valence-corrected chi connectivity index (χ3v) is 4.75. The van der Waals surface area contributed by atoms with Gasteiger partial charge in [-0.3, -0.25) is 4.79 Å². The second kappa shape index (κ2) is 6.50. The molecular weight excluding hydrogens is 322 g/mol. The van der Waals surface area contributed by atoms with E-state index in [1.165, 1.54) is 12.1 Å². The van der Waals surface area contributed by atoms with E-state index in [2.05, 4.69) is 5.32 Å². The minimum atomic E-state index is -3.47. The Morgan fingerprint density at radius 1 is 1.09 bits per heavy atom. The fraction of sp³-hybridized carbons (Fsp3) is 0.188. The maximum absolute atomic E-state index is 12.4. The van der Waals surface area contributed by atoms with E-state index in [1.54, 1.807) is 31.2 Å². The lowest BCUT2D eigenvalue weighted by molar-refractivity contribution is 0.0936. The van der Waals surface area contributed by atoms with E-state index in [4.69, 9.17) is 11.6 Å². The van der Waals surface area contributed by atoms with Crippen molar-refractivity contribution in [1.29, 1.82) is 0 Å². The third-order valence-electron chi connectivity index (χ3n) is 3.25. The van der Waals surface area contributed by atoms with Crippen LogP contribution in [0.1, 0.15) is 28.9 Å². The Labute approximate surface area is 135 Å². The molecule has 0 aliphatic rings. The van der Waals surface area contributed by atoms with Crippen molar-refractivity contribution in [3.8, 4) is 0 Å². The Morgan fingerprint density at radius 2 is 1.68 bits per heavy atom. The smallest absolute Gasteiger partial charge is 0.253 e. The van der Waals surface area contributed by atoms with Crippen LogP contribution in [0.15, 0.2) is 53.4 Å². The van der Waals surface area contributed by atoms with Gasteiger partial charge in [0.2, 0.25) is 0 Å². The van der Waals surface area contributed by atoms with Gasteiger partial charge < -0.3 is 5.32 Å². The van der Waals surface area contributed by atoms with Gasteiger partial charge in [-0.25, -0.2) is 8.42 Å². The van der Waals surface area contributed by atoms with Crippen LogP contribution in [0.5, 0.6) is 0 Å². The van der Waals surface area contributed by atoms with Crippen LogP contribution in [0.25, 0.3) is 0 Å². The van der Waals surface area contributed by atoms with Crippen LogP contribution in [-0.2, 0) is 9.84 Å². The Hall–Kier alpha value is -1.85. The van der Waals surface area contributed by atoms with Crippen molar-refractivity contribution in [3.05, 3.63) is 64.7 Å². The Bertz CT molecular complexity index is 803. The number of carbonyl (C=O) groups is 1. The van der Waals surface area contributed by atoms with Gasteiger partial charge in [-0.15, -0.1) is 0 Å². The zero-order valence-electron chi connectivity index (χ0n) is 12.2. The average molecular weight is 338 g/mol. The number of carbonyl (C=O) groups excluding carboxylic acids is 1. The van der Waals surface area contributed by atoms with Crippen molar-refractivity contribution in [1.82, 2.24) is 5.32 Å². The summed E-state index contributed by atoms with van der Waals surface area (Å²) in [5.41, 5.74) is 0.901. The predicted octanol–water partition coefficient (Wildman–Crippen LogP) is 3.23. The van der Waals surface area contributed by atoms with Crippen molar-refractivity contribution in [2.45, 2.75) is 17.9 Å². The van der Waals surface area contributed by atoms with Crippen molar-refractivity contribution < 1.29 is 13.2 Å². The van der Waals surface area contributed by atoms with Crippen LogP contribution in [0.2, 0.25) is 5.02 Å². The molecule has 0 radical (unpaired) electrons. The van der Waals surface area contributed by atoms with Crippen molar-refractivity contribution in [2.24, 2.45) is 0 Å². The summed E-state index contributed by atoms with van der Waals surface area (Å²) in [5.74, 6) is -0.451. The number of rotatable bonds is 4. The van der Waals surface area contributed by atoms with Crippen LogP contribution in [0, 0.1) is 0 Å². The molecule has 1 amide bonds. The molecule has 0 spiro atoms. The Morgan fingerprint density at radius 3 is 2.32 bits per heavy atom. The molecule has 0 aromatic heterocycles. The van der Waals surface area contributed by atoms with Gasteiger partial charge in [0.05, 0.1) is 16.5 Å². The first-order chi connectivity index (χ1) is 10.3. The molecular formula is C16H16ClNO3S. The standard InChI is InChI=1S/C16H16ClNO3S/c1-11(12-7-3-5-9-14(12)17)18-16(19)13-8-4-6-10-15(13)22(2,20)21/h3-11H,1-2H3,(H,18,19)/t11-/m1/s1. The minimum absolute atomic E-state index is 0.0128. The van der Waals surface area contributed by atoms with E-state index < -0.39 is 15.7 Å². The third kappa shape index (κ3) is 3.67. The van der Waals surface area contributed by atoms with Crippen LogP contribution >= 0.6 is 11.6 Å². The number of hydrogen-bond acceptors (Lipinski definition) is 3. The van der Waals surface area contributed by atoms with Gasteiger partial charge in [-0.2, -0.15) is 0 Å². The lowest BCUT2D eigenvalue weighted by atomic mass is 10.1. The normalized spacial score (nSPS) is 12.7. The van der Waals surface area contributed by atoms with E-state index in [0.29, 0.717) is 5.02 Å². The molecule has 6 heteroatoms. The zero-order valence-corrected chi connectivity index (χ0v) is 13.8. The van der Waals surface area contributed by atoms with E-state index in [0.717, 1.165) is 11.8 Å². The number of benzene rings is 2. The topological polar surface area (TPSA) is 63.2 Å². The molecule has 1 N–H and O–H groups in total. The van der Waals surface area contributed by atoms with Crippen LogP contribution in [0.4, 0.5) is 0 Å². The number of amides is 1. The van der Waals surface area contributed by atoms with Gasteiger partial charge in [-0.1, -0.05) is 41.9 Å². The Balaban J connectivity index is 2.29. The predicted molar refractivity (Wildman–Crippen MR) is 86.9 cm³/mol. The molecule has 116 valence electrons. The SMILES string of the molecule is C[C@@H](NC(=O)c1ccccc1S(C)(=O)=O)c1ccccc1Cl. The van der Waals surface area contributed by atoms with Gasteiger partial charge in [0, 0.05) is 11.3 Å². The largest absolute Gasteiger partial charge is 0.345 e. The van der Waals surface area contributed by atoms with Gasteiger partial charge in [0.15, 0.2) is 9.84 Å². The van der Waals surface area contributed by atoms with Gasteiger partial charge in [0.1, 0.15) is 0 Å². The molecule has 0 unspecified atom stereocenters. The number of nitrogens with one attached hydrogen (secondary N) is 1. The highest BCUT2D eigenvalue weighted by atomic mass is 35.5. The van der Waals surface area contributed by atoms with Gasteiger partial charge in [0.25, 0.3) is 5.91 Å². The number of sulfone groups is 1. The van der Waals surface area contributed by atoms with Crippen molar-refractivity contribution in [3.63, 3.8) is 0 Å². The lowest BCUT2D eigenvalue weighted by Crippen LogP contribution is -2.28. The summed E-state index contributed by atoms with van der Waals surface area (Å²) in [6.07, 6.45) is 1.08. The number of hydrogen-bond donors (Lipinski definition) is 1.